The molecule has 4 heteroatoms. The largest absolute Gasteiger partial charge is 0.386 e. The third kappa shape index (κ3) is 1.80. The van der Waals surface area contributed by atoms with E-state index >= 15 is 0 Å². The predicted molar refractivity (Wildman–Crippen MR) is 57.7 cm³/mol. The van der Waals surface area contributed by atoms with E-state index in [9.17, 15) is 9.50 Å². The van der Waals surface area contributed by atoms with Crippen LogP contribution in [0.15, 0.2) is 30.5 Å². The minimum absolute atomic E-state index is 0.339. The maximum atomic E-state index is 12.4. The topological polar surface area (TPSA) is 33.1 Å². The number of rotatable bonds is 2. The Kier molecular flexibility index (Phi) is 2.84. The average Bonchev–Trinajstić information content (AvgIpc) is 2.28. The van der Waals surface area contributed by atoms with Gasteiger partial charge in [0.2, 0.25) is 0 Å². The summed E-state index contributed by atoms with van der Waals surface area (Å²) in [6.07, 6.45) is 0.378. The van der Waals surface area contributed by atoms with Crippen molar-refractivity contribution in [3.8, 4) is 0 Å². The van der Waals surface area contributed by atoms with Gasteiger partial charge in [0.1, 0.15) is 12.8 Å². The first-order valence-electron chi connectivity index (χ1n) is 4.51. The molecule has 1 unspecified atom stereocenters. The molecule has 78 valence electrons. The number of aromatic nitrogens is 1. The summed E-state index contributed by atoms with van der Waals surface area (Å²) in [7, 11) is 0. The SMILES string of the molecule is OC(CF)c1c(Cl)ccc2cccnc12. The predicted octanol–water partition coefficient (Wildman–Crippen LogP) is 2.89. The number of fused-ring (bicyclic) bond motifs is 1. The Bertz CT molecular complexity index is 489. The highest BCUT2D eigenvalue weighted by Gasteiger charge is 2.15. The lowest BCUT2D eigenvalue weighted by molar-refractivity contribution is 0.143. The summed E-state index contributed by atoms with van der Waals surface area (Å²) in [5, 5.41) is 10.7. The van der Waals surface area contributed by atoms with Crippen LogP contribution >= 0.6 is 11.6 Å². The molecule has 1 aromatic carbocycles. The Labute approximate surface area is 91.3 Å². The fraction of sp³-hybridized carbons (Fsp3) is 0.182. The number of alkyl halides is 1. The number of benzene rings is 1. The number of aliphatic hydroxyl groups excluding tert-OH is 1. The van der Waals surface area contributed by atoms with Gasteiger partial charge in [-0.2, -0.15) is 0 Å². The Morgan fingerprint density at radius 3 is 2.93 bits per heavy atom. The van der Waals surface area contributed by atoms with Gasteiger partial charge in [0, 0.05) is 22.2 Å². The fourth-order valence-electron chi connectivity index (χ4n) is 1.54. The summed E-state index contributed by atoms with van der Waals surface area (Å²) >= 11 is 5.91. The van der Waals surface area contributed by atoms with Gasteiger partial charge in [-0.15, -0.1) is 0 Å². The highest BCUT2D eigenvalue weighted by molar-refractivity contribution is 6.32. The lowest BCUT2D eigenvalue weighted by atomic mass is 10.1. The van der Waals surface area contributed by atoms with Crippen molar-refractivity contribution in [1.82, 2.24) is 4.98 Å². The molecule has 15 heavy (non-hydrogen) atoms. The van der Waals surface area contributed by atoms with Gasteiger partial charge >= 0.3 is 0 Å². The third-order valence-corrected chi connectivity index (χ3v) is 2.57. The zero-order chi connectivity index (χ0) is 10.8. The molecule has 1 atom stereocenters. The number of nitrogens with zero attached hydrogens (tertiary/aromatic N) is 1. The first-order chi connectivity index (χ1) is 7.24. The number of aliphatic hydroxyl groups is 1. The number of pyridine rings is 1. The highest BCUT2D eigenvalue weighted by atomic mass is 35.5. The lowest BCUT2D eigenvalue weighted by Crippen LogP contribution is -2.02. The minimum Gasteiger partial charge on any atom is -0.386 e. The van der Waals surface area contributed by atoms with Crippen LogP contribution in [-0.2, 0) is 0 Å². The van der Waals surface area contributed by atoms with Crippen molar-refractivity contribution in [3.05, 3.63) is 41.0 Å². The third-order valence-electron chi connectivity index (χ3n) is 2.24. The van der Waals surface area contributed by atoms with Crippen LogP contribution in [0, 0.1) is 0 Å². The molecule has 0 aliphatic heterocycles. The Morgan fingerprint density at radius 2 is 2.20 bits per heavy atom. The van der Waals surface area contributed by atoms with Crippen LogP contribution in [0.4, 0.5) is 4.39 Å². The molecular weight excluding hydrogens is 217 g/mol. The van der Waals surface area contributed by atoms with Crippen LogP contribution in [0.25, 0.3) is 10.9 Å². The van der Waals surface area contributed by atoms with Crippen molar-refractivity contribution in [2.24, 2.45) is 0 Å². The Morgan fingerprint density at radius 1 is 1.40 bits per heavy atom. The smallest absolute Gasteiger partial charge is 0.120 e. The molecule has 0 saturated heterocycles. The molecule has 0 aliphatic carbocycles. The summed E-state index contributed by atoms with van der Waals surface area (Å²) in [6.45, 7) is -0.866. The van der Waals surface area contributed by atoms with E-state index in [4.69, 9.17) is 11.6 Å². The first-order valence-corrected chi connectivity index (χ1v) is 4.89. The van der Waals surface area contributed by atoms with Crippen molar-refractivity contribution in [1.29, 1.82) is 0 Å². The van der Waals surface area contributed by atoms with Gasteiger partial charge in [-0.05, 0) is 12.1 Å². The average molecular weight is 226 g/mol. The molecule has 0 fully saturated rings. The number of halogens is 2. The molecule has 2 aromatic rings. The summed E-state index contributed by atoms with van der Waals surface area (Å²) in [5.41, 5.74) is 0.910. The summed E-state index contributed by atoms with van der Waals surface area (Å²) < 4.78 is 12.4. The summed E-state index contributed by atoms with van der Waals surface area (Å²) in [4.78, 5) is 4.10. The van der Waals surface area contributed by atoms with E-state index in [1.165, 1.54) is 0 Å². The van der Waals surface area contributed by atoms with Crippen LogP contribution < -0.4 is 0 Å². The molecule has 1 heterocycles. The van der Waals surface area contributed by atoms with Gasteiger partial charge < -0.3 is 5.11 Å². The van der Waals surface area contributed by atoms with Crippen LogP contribution in [0.1, 0.15) is 11.7 Å². The van der Waals surface area contributed by atoms with Gasteiger partial charge in [-0.25, -0.2) is 4.39 Å². The van der Waals surface area contributed by atoms with Crippen LogP contribution in [0.5, 0.6) is 0 Å². The standard InChI is InChI=1S/C11H9ClFNO/c12-8-4-3-7-2-1-5-14-11(7)10(8)9(15)6-13/h1-5,9,15H,6H2. The second kappa shape index (κ2) is 4.13. The van der Waals surface area contributed by atoms with Crippen LogP contribution in [0.2, 0.25) is 5.02 Å². The van der Waals surface area contributed by atoms with Gasteiger partial charge in [0.25, 0.3) is 0 Å². The fourth-order valence-corrected chi connectivity index (χ4v) is 1.82. The van der Waals surface area contributed by atoms with E-state index in [2.05, 4.69) is 4.98 Å². The normalized spacial score (nSPS) is 13.0. The molecule has 0 spiro atoms. The van der Waals surface area contributed by atoms with Crippen molar-refractivity contribution in [3.63, 3.8) is 0 Å². The molecule has 2 nitrogen and oxygen atoms in total. The van der Waals surface area contributed by atoms with E-state index in [-0.39, 0.29) is 0 Å². The number of hydrogen-bond donors (Lipinski definition) is 1. The van der Waals surface area contributed by atoms with Crippen molar-refractivity contribution < 1.29 is 9.50 Å². The minimum atomic E-state index is -1.21. The molecule has 0 amide bonds. The van der Waals surface area contributed by atoms with E-state index in [0.717, 1.165) is 5.39 Å². The first kappa shape index (κ1) is 10.3. The maximum Gasteiger partial charge on any atom is 0.120 e. The van der Waals surface area contributed by atoms with Gasteiger partial charge in [-0.3, -0.25) is 4.98 Å². The van der Waals surface area contributed by atoms with E-state index in [1.54, 1.807) is 24.4 Å². The Balaban J connectivity index is 2.74. The summed E-state index contributed by atoms with van der Waals surface area (Å²) in [6, 6.07) is 7.05. The monoisotopic (exact) mass is 225 g/mol. The molecule has 1 N–H and O–H groups in total. The van der Waals surface area contributed by atoms with Crippen molar-refractivity contribution in [2.75, 3.05) is 6.67 Å². The van der Waals surface area contributed by atoms with E-state index in [1.807, 2.05) is 6.07 Å². The van der Waals surface area contributed by atoms with Crippen molar-refractivity contribution in [2.45, 2.75) is 6.10 Å². The second-order valence-electron chi connectivity index (χ2n) is 3.21. The molecule has 0 radical (unpaired) electrons. The second-order valence-corrected chi connectivity index (χ2v) is 3.61. The zero-order valence-electron chi connectivity index (χ0n) is 7.82. The van der Waals surface area contributed by atoms with Crippen LogP contribution in [0.3, 0.4) is 0 Å². The zero-order valence-corrected chi connectivity index (χ0v) is 8.58. The lowest BCUT2D eigenvalue weighted by Gasteiger charge is -2.11. The number of hydrogen-bond acceptors (Lipinski definition) is 2. The molecular formula is C11H9ClFNO. The molecule has 2 rings (SSSR count). The maximum absolute atomic E-state index is 12.4. The highest BCUT2D eigenvalue weighted by Crippen LogP contribution is 2.29. The summed E-state index contributed by atoms with van der Waals surface area (Å²) in [5.74, 6) is 0. The van der Waals surface area contributed by atoms with Gasteiger partial charge in [0.05, 0.1) is 5.52 Å². The Hall–Kier alpha value is -1.19. The van der Waals surface area contributed by atoms with Gasteiger partial charge in [-0.1, -0.05) is 23.7 Å². The van der Waals surface area contributed by atoms with Crippen molar-refractivity contribution >= 4 is 22.5 Å². The van der Waals surface area contributed by atoms with Gasteiger partial charge in [0.15, 0.2) is 0 Å². The molecule has 0 bridgehead atoms. The quantitative estimate of drug-likeness (QED) is 0.853. The molecule has 0 saturated carbocycles. The van der Waals surface area contributed by atoms with E-state index < -0.39 is 12.8 Å². The van der Waals surface area contributed by atoms with E-state index in [0.29, 0.717) is 16.1 Å². The van der Waals surface area contributed by atoms with Crippen LogP contribution in [-0.4, -0.2) is 16.8 Å². The molecule has 1 aromatic heterocycles. The molecule has 0 aliphatic rings.